The highest BCUT2D eigenvalue weighted by atomic mass is 19.1. The van der Waals surface area contributed by atoms with E-state index in [0.29, 0.717) is 38.0 Å². The van der Waals surface area contributed by atoms with Crippen LogP contribution in [0.5, 0.6) is 0 Å². The molecule has 1 saturated heterocycles. The first-order chi connectivity index (χ1) is 17.1. The maximum Gasteiger partial charge on any atom is 0.319 e. The number of likely N-dealkylation sites (tertiary alicyclic amines) is 1. The number of alkyl halides is 1. The lowest BCUT2D eigenvalue weighted by atomic mass is 10.0. The fourth-order valence-corrected chi connectivity index (χ4v) is 4.03. The predicted molar refractivity (Wildman–Crippen MR) is 134 cm³/mol. The number of guanidine groups is 1. The van der Waals surface area contributed by atoms with Crippen LogP contribution in [0.2, 0.25) is 0 Å². The molecule has 0 saturated carbocycles. The van der Waals surface area contributed by atoms with Gasteiger partial charge < -0.3 is 31.9 Å². The Labute approximate surface area is 210 Å². The number of rotatable bonds is 12. The van der Waals surface area contributed by atoms with E-state index in [-0.39, 0.29) is 18.3 Å². The first kappa shape index (κ1) is 28.5. The molecule has 3 atom stereocenters. The van der Waals surface area contributed by atoms with Gasteiger partial charge in [0.1, 0.15) is 18.8 Å². The van der Waals surface area contributed by atoms with Crippen molar-refractivity contribution in [2.24, 2.45) is 11.7 Å². The van der Waals surface area contributed by atoms with Gasteiger partial charge in [0.2, 0.25) is 11.8 Å². The minimum atomic E-state index is -1.23. The minimum Gasteiger partial charge on any atom is -0.370 e. The highest BCUT2D eigenvalue weighted by molar-refractivity contribution is 5.97. The van der Waals surface area contributed by atoms with Crippen LogP contribution in [-0.2, 0) is 14.4 Å². The Morgan fingerprint density at radius 2 is 1.86 bits per heavy atom. The van der Waals surface area contributed by atoms with E-state index in [0.717, 1.165) is 0 Å². The molecule has 4 amide bonds. The monoisotopic (exact) mass is 505 g/mol. The molecule has 1 aliphatic heterocycles. The third kappa shape index (κ3) is 8.51. The molecule has 0 aliphatic carbocycles. The first-order valence-electron chi connectivity index (χ1n) is 12.0. The van der Waals surface area contributed by atoms with Crippen LogP contribution in [0.1, 0.15) is 39.5 Å². The number of ketones is 1. The van der Waals surface area contributed by atoms with Crippen molar-refractivity contribution in [3.05, 3.63) is 30.3 Å². The molecule has 0 radical (unpaired) electrons. The summed E-state index contributed by atoms with van der Waals surface area (Å²) in [5.74, 6) is -2.18. The zero-order chi connectivity index (χ0) is 26.7. The van der Waals surface area contributed by atoms with Crippen molar-refractivity contribution < 1.29 is 23.6 Å². The molecule has 1 aromatic carbocycles. The lowest BCUT2D eigenvalue weighted by Crippen LogP contribution is -2.57. The van der Waals surface area contributed by atoms with Gasteiger partial charge in [-0.05, 0) is 43.7 Å². The highest BCUT2D eigenvalue weighted by Gasteiger charge is 2.39. The van der Waals surface area contributed by atoms with Gasteiger partial charge >= 0.3 is 6.03 Å². The normalized spacial score (nSPS) is 16.7. The first-order valence-corrected chi connectivity index (χ1v) is 12.0. The number of halogens is 1. The fraction of sp³-hybridized carbons (Fsp3) is 0.542. The number of anilines is 1. The second-order valence-corrected chi connectivity index (χ2v) is 9.02. The van der Waals surface area contributed by atoms with E-state index < -0.39 is 48.4 Å². The summed E-state index contributed by atoms with van der Waals surface area (Å²) in [6.07, 6.45) is 1.50. The van der Waals surface area contributed by atoms with Crippen molar-refractivity contribution in [2.75, 3.05) is 25.1 Å². The van der Waals surface area contributed by atoms with Crippen LogP contribution in [0.15, 0.2) is 30.3 Å². The lowest BCUT2D eigenvalue weighted by molar-refractivity contribution is -0.141. The number of para-hydroxylation sites is 1. The van der Waals surface area contributed by atoms with Crippen molar-refractivity contribution in [3.8, 4) is 0 Å². The van der Waals surface area contributed by atoms with E-state index in [4.69, 9.17) is 11.1 Å². The Kier molecular flexibility index (Phi) is 11.1. The number of hydrogen-bond donors (Lipinski definition) is 6. The molecule has 0 bridgehead atoms. The summed E-state index contributed by atoms with van der Waals surface area (Å²) in [5, 5.41) is 17.7. The van der Waals surface area contributed by atoms with Gasteiger partial charge in [0, 0.05) is 18.8 Å². The molecule has 1 fully saturated rings. The summed E-state index contributed by atoms with van der Waals surface area (Å²) in [4.78, 5) is 52.4. The summed E-state index contributed by atoms with van der Waals surface area (Å²) >= 11 is 0. The van der Waals surface area contributed by atoms with E-state index in [1.54, 1.807) is 38.1 Å². The Morgan fingerprint density at radius 3 is 2.47 bits per heavy atom. The van der Waals surface area contributed by atoms with Crippen LogP contribution in [0.3, 0.4) is 0 Å². The van der Waals surface area contributed by atoms with Crippen LogP contribution in [0, 0.1) is 11.3 Å². The summed E-state index contributed by atoms with van der Waals surface area (Å²) in [6, 6.07) is 5.51. The predicted octanol–water partition coefficient (Wildman–Crippen LogP) is 1.11. The number of nitrogens with two attached hydrogens (primary N) is 1. The maximum atomic E-state index is 13.4. The summed E-state index contributed by atoms with van der Waals surface area (Å²) in [6.45, 7) is 2.98. The van der Waals surface area contributed by atoms with Crippen LogP contribution in [-0.4, -0.2) is 72.4 Å². The quantitative estimate of drug-likeness (QED) is 0.141. The number of amides is 4. The third-order valence-corrected chi connectivity index (χ3v) is 5.91. The van der Waals surface area contributed by atoms with E-state index in [1.165, 1.54) is 4.90 Å². The molecule has 36 heavy (non-hydrogen) atoms. The number of nitrogens with zero attached hydrogens (tertiary/aromatic N) is 1. The molecule has 2 unspecified atom stereocenters. The van der Waals surface area contributed by atoms with Gasteiger partial charge in [-0.25, -0.2) is 9.18 Å². The zero-order valence-electron chi connectivity index (χ0n) is 20.7. The zero-order valence-corrected chi connectivity index (χ0v) is 20.7. The van der Waals surface area contributed by atoms with Gasteiger partial charge in [0.25, 0.3) is 0 Å². The number of hydrogen-bond acceptors (Lipinski definition) is 5. The minimum absolute atomic E-state index is 0.158. The number of nitrogens with one attached hydrogen (secondary N) is 5. The van der Waals surface area contributed by atoms with Crippen LogP contribution in [0.25, 0.3) is 0 Å². The van der Waals surface area contributed by atoms with Crippen LogP contribution in [0.4, 0.5) is 14.9 Å². The van der Waals surface area contributed by atoms with E-state index in [2.05, 4.69) is 21.3 Å². The Balaban J connectivity index is 2.04. The number of urea groups is 1. The molecule has 7 N–H and O–H groups in total. The summed E-state index contributed by atoms with van der Waals surface area (Å²) < 4.78 is 13.1. The van der Waals surface area contributed by atoms with Crippen molar-refractivity contribution in [1.29, 1.82) is 5.41 Å². The largest absolute Gasteiger partial charge is 0.370 e. The summed E-state index contributed by atoms with van der Waals surface area (Å²) in [5.41, 5.74) is 5.80. The van der Waals surface area contributed by atoms with Gasteiger partial charge in [-0.2, -0.15) is 0 Å². The van der Waals surface area contributed by atoms with Crippen molar-refractivity contribution >= 4 is 35.3 Å². The molecular weight excluding hydrogens is 469 g/mol. The Bertz CT molecular complexity index is 928. The van der Waals surface area contributed by atoms with E-state index in [9.17, 15) is 23.6 Å². The van der Waals surface area contributed by atoms with Crippen LogP contribution >= 0.6 is 0 Å². The lowest BCUT2D eigenvalue weighted by Gasteiger charge is -2.31. The molecule has 1 aliphatic rings. The SMILES string of the molecule is CC(C)C(NC(=O)Nc1ccccc1)C(=O)N1CCC[C@H]1C(=O)NC(CCCNC(=N)N)C(=O)CF. The molecule has 0 aromatic heterocycles. The fourth-order valence-electron chi connectivity index (χ4n) is 4.03. The van der Waals surface area contributed by atoms with Crippen molar-refractivity contribution in [1.82, 2.24) is 20.9 Å². The highest BCUT2D eigenvalue weighted by Crippen LogP contribution is 2.21. The van der Waals surface area contributed by atoms with Gasteiger partial charge in [-0.15, -0.1) is 0 Å². The number of carbonyl (C=O) groups excluding carboxylic acids is 4. The summed E-state index contributed by atoms with van der Waals surface area (Å²) in [7, 11) is 0. The van der Waals surface area contributed by atoms with E-state index >= 15 is 0 Å². The molecule has 1 heterocycles. The second-order valence-electron chi connectivity index (χ2n) is 9.02. The molecular formula is C24H36FN7O4. The van der Waals surface area contributed by atoms with Gasteiger partial charge in [-0.1, -0.05) is 32.0 Å². The standard InChI is InChI=1S/C24H36FN7O4/c1-15(2)20(31-24(36)29-16-8-4-3-5-9-16)22(35)32-13-7-11-18(32)21(34)30-17(19(33)14-25)10-6-12-28-23(26)27/h3-5,8-9,15,17-18,20H,6-7,10-14H2,1-2H3,(H,30,34)(H4,26,27,28)(H2,29,31,36)/t17?,18-,20?/m0/s1. The number of benzene rings is 1. The maximum absolute atomic E-state index is 13.4. The molecule has 198 valence electrons. The third-order valence-electron chi connectivity index (χ3n) is 5.91. The Hall–Kier alpha value is -3.70. The molecule has 11 nitrogen and oxygen atoms in total. The van der Waals surface area contributed by atoms with E-state index in [1.807, 2.05) is 6.07 Å². The molecule has 2 rings (SSSR count). The average molecular weight is 506 g/mol. The molecule has 1 aromatic rings. The topological polar surface area (TPSA) is 170 Å². The number of Topliss-reactive ketones (excluding diaryl/α,β-unsaturated/α-hetero) is 1. The molecule has 0 spiro atoms. The smallest absolute Gasteiger partial charge is 0.319 e. The van der Waals surface area contributed by atoms with Gasteiger partial charge in [-0.3, -0.25) is 19.8 Å². The van der Waals surface area contributed by atoms with Crippen molar-refractivity contribution in [3.63, 3.8) is 0 Å². The van der Waals surface area contributed by atoms with Crippen LogP contribution < -0.4 is 27.0 Å². The Morgan fingerprint density at radius 1 is 1.17 bits per heavy atom. The van der Waals surface area contributed by atoms with Gasteiger partial charge in [0.05, 0.1) is 6.04 Å². The van der Waals surface area contributed by atoms with Gasteiger partial charge in [0.15, 0.2) is 11.7 Å². The number of carbonyl (C=O) groups is 4. The van der Waals surface area contributed by atoms with Crippen molar-refractivity contribution in [2.45, 2.75) is 57.7 Å². The average Bonchev–Trinajstić information content (AvgIpc) is 3.34. The molecule has 12 heteroatoms. The second kappa shape index (κ2) is 14.0.